The van der Waals surface area contributed by atoms with Crippen LogP contribution >= 0.6 is 0 Å². The number of sulfonamides is 1. The molecule has 0 saturated carbocycles. The van der Waals surface area contributed by atoms with E-state index in [0.717, 1.165) is 48.6 Å². The second kappa shape index (κ2) is 10.7. The molecule has 0 aromatic heterocycles. The molecule has 0 bridgehead atoms. The summed E-state index contributed by atoms with van der Waals surface area (Å²) < 4.78 is 28.6. The third kappa shape index (κ3) is 5.71. The van der Waals surface area contributed by atoms with E-state index in [1.807, 2.05) is 57.2 Å². The zero-order chi connectivity index (χ0) is 25.9. The van der Waals surface area contributed by atoms with Crippen molar-refractivity contribution in [3.63, 3.8) is 0 Å². The van der Waals surface area contributed by atoms with Crippen molar-refractivity contribution < 1.29 is 13.2 Å². The van der Waals surface area contributed by atoms with Gasteiger partial charge in [0, 0.05) is 37.6 Å². The first-order valence-corrected chi connectivity index (χ1v) is 13.6. The highest BCUT2D eigenvalue weighted by atomic mass is 32.2. The summed E-state index contributed by atoms with van der Waals surface area (Å²) in [6.45, 7) is 9.33. The summed E-state index contributed by atoms with van der Waals surface area (Å²) in [6.07, 6.45) is 0. The van der Waals surface area contributed by atoms with E-state index in [9.17, 15) is 13.2 Å². The molecule has 3 aromatic carbocycles. The highest BCUT2D eigenvalue weighted by molar-refractivity contribution is 7.92. The molecule has 1 saturated heterocycles. The van der Waals surface area contributed by atoms with Gasteiger partial charge in [0.2, 0.25) is 5.91 Å². The van der Waals surface area contributed by atoms with Crippen molar-refractivity contribution in [3.8, 4) is 0 Å². The van der Waals surface area contributed by atoms with E-state index in [1.54, 1.807) is 30.3 Å². The molecule has 1 amide bonds. The Morgan fingerprint density at radius 1 is 0.889 bits per heavy atom. The first-order chi connectivity index (χ1) is 17.1. The van der Waals surface area contributed by atoms with Crippen molar-refractivity contribution in [2.24, 2.45) is 0 Å². The first-order valence-electron chi connectivity index (χ1n) is 12.1. The van der Waals surface area contributed by atoms with Gasteiger partial charge in [-0.1, -0.05) is 29.8 Å². The largest absolute Gasteiger partial charge is 0.369 e. The summed E-state index contributed by atoms with van der Waals surface area (Å²) in [5.74, 6) is -0.404. The van der Waals surface area contributed by atoms with Gasteiger partial charge in [-0.05, 0) is 81.4 Å². The minimum absolute atomic E-state index is 0.151. The highest BCUT2D eigenvalue weighted by Crippen LogP contribution is 2.29. The maximum atomic E-state index is 13.7. The molecule has 36 heavy (non-hydrogen) atoms. The molecule has 1 heterocycles. The number of carbonyl (C=O) groups is 1. The van der Waals surface area contributed by atoms with Crippen LogP contribution in [0.1, 0.15) is 16.7 Å². The first kappa shape index (κ1) is 25.7. The molecule has 1 aliphatic rings. The number of anilines is 3. The smallest absolute Gasteiger partial charge is 0.264 e. The monoisotopic (exact) mass is 506 g/mol. The van der Waals surface area contributed by atoms with Gasteiger partial charge in [-0.25, -0.2) is 8.42 Å². The molecule has 0 radical (unpaired) electrons. The van der Waals surface area contributed by atoms with Crippen LogP contribution in [0.5, 0.6) is 0 Å². The minimum Gasteiger partial charge on any atom is -0.369 e. The van der Waals surface area contributed by atoms with Gasteiger partial charge in [-0.15, -0.1) is 0 Å². The van der Waals surface area contributed by atoms with Crippen LogP contribution in [0.3, 0.4) is 0 Å². The molecule has 4 rings (SSSR count). The van der Waals surface area contributed by atoms with Gasteiger partial charge in [-0.3, -0.25) is 9.10 Å². The SMILES string of the molecule is Cc1ccc(S(=O)(=O)N(CC(=O)Nc2ccc(N3CCN(C)CC3)cc2)c2cccc(C)c2C)cc1. The van der Waals surface area contributed by atoms with Gasteiger partial charge in [0.25, 0.3) is 10.0 Å². The molecule has 0 aliphatic carbocycles. The summed E-state index contributed by atoms with van der Waals surface area (Å²) in [5, 5.41) is 2.87. The number of aryl methyl sites for hydroxylation is 2. The number of nitrogens with one attached hydrogen (secondary N) is 1. The van der Waals surface area contributed by atoms with Crippen LogP contribution in [-0.2, 0) is 14.8 Å². The van der Waals surface area contributed by atoms with Gasteiger partial charge in [0.15, 0.2) is 0 Å². The maximum absolute atomic E-state index is 13.7. The van der Waals surface area contributed by atoms with Gasteiger partial charge < -0.3 is 15.1 Å². The second-order valence-corrected chi connectivity index (χ2v) is 11.3. The van der Waals surface area contributed by atoms with Gasteiger partial charge in [0.05, 0.1) is 10.6 Å². The molecule has 0 atom stereocenters. The van der Waals surface area contributed by atoms with Crippen LogP contribution < -0.4 is 14.5 Å². The average molecular weight is 507 g/mol. The molecule has 0 spiro atoms. The lowest BCUT2D eigenvalue weighted by Gasteiger charge is -2.34. The van der Waals surface area contributed by atoms with Crippen molar-refractivity contribution >= 4 is 33.0 Å². The number of rotatable bonds is 7. The van der Waals surface area contributed by atoms with Crippen molar-refractivity contribution in [2.45, 2.75) is 25.7 Å². The zero-order valence-corrected chi connectivity index (χ0v) is 22.2. The van der Waals surface area contributed by atoms with E-state index in [4.69, 9.17) is 0 Å². The number of hydrogen-bond acceptors (Lipinski definition) is 5. The molecule has 1 fully saturated rings. The Morgan fingerprint density at radius 3 is 2.17 bits per heavy atom. The Morgan fingerprint density at radius 2 is 1.53 bits per heavy atom. The van der Waals surface area contributed by atoms with Crippen LogP contribution in [0.4, 0.5) is 17.1 Å². The quantitative estimate of drug-likeness (QED) is 0.520. The Kier molecular flexibility index (Phi) is 7.66. The second-order valence-electron chi connectivity index (χ2n) is 9.43. The molecule has 8 heteroatoms. The number of likely N-dealkylation sites (N-methyl/N-ethyl adjacent to an activating group) is 1. The normalized spacial score (nSPS) is 14.5. The summed E-state index contributed by atoms with van der Waals surface area (Å²) in [7, 11) is -1.84. The molecule has 0 unspecified atom stereocenters. The number of amides is 1. The maximum Gasteiger partial charge on any atom is 0.264 e. The fourth-order valence-electron chi connectivity index (χ4n) is 4.29. The van der Waals surface area contributed by atoms with Crippen LogP contribution in [0, 0.1) is 20.8 Å². The number of benzene rings is 3. The molecule has 190 valence electrons. The predicted octanol–water partition coefficient (Wildman–Crippen LogP) is 4.20. The molecular formula is C28H34N4O3S. The Hall–Kier alpha value is -3.36. The van der Waals surface area contributed by atoms with Crippen molar-refractivity contribution in [3.05, 3.63) is 83.4 Å². The standard InChI is InChI=1S/C28H34N4O3S/c1-21-8-14-26(15-9-21)36(34,35)32(27-7-5-6-22(2)23(27)3)20-28(33)29-24-10-12-25(13-11-24)31-18-16-30(4)17-19-31/h5-15H,16-20H2,1-4H3,(H,29,33). The van der Waals surface area contributed by atoms with Crippen LogP contribution in [0.2, 0.25) is 0 Å². The number of piperazine rings is 1. The lowest BCUT2D eigenvalue weighted by molar-refractivity contribution is -0.114. The molecular weight excluding hydrogens is 472 g/mol. The van der Waals surface area contributed by atoms with E-state index in [0.29, 0.717) is 11.4 Å². The average Bonchev–Trinajstić information content (AvgIpc) is 2.86. The molecule has 3 aromatic rings. The topological polar surface area (TPSA) is 73.0 Å². The zero-order valence-electron chi connectivity index (χ0n) is 21.4. The third-order valence-electron chi connectivity index (χ3n) is 6.76. The van der Waals surface area contributed by atoms with Crippen LogP contribution in [0.15, 0.2) is 71.6 Å². The molecule has 7 nitrogen and oxygen atoms in total. The van der Waals surface area contributed by atoms with Crippen LogP contribution in [0.25, 0.3) is 0 Å². The lowest BCUT2D eigenvalue weighted by atomic mass is 10.1. The summed E-state index contributed by atoms with van der Waals surface area (Å²) in [5.41, 5.74) is 4.97. The fourth-order valence-corrected chi connectivity index (χ4v) is 5.77. The predicted molar refractivity (Wildman–Crippen MR) is 146 cm³/mol. The summed E-state index contributed by atoms with van der Waals surface area (Å²) >= 11 is 0. The van der Waals surface area contributed by atoms with Gasteiger partial charge in [0.1, 0.15) is 6.54 Å². The summed E-state index contributed by atoms with van der Waals surface area (Å²) in [6, 6.07) is 19.9. The summed E-state index contributed by atoms with van der Waals surface area (Å²) in [4.78, 5) is 17.9. The highest BCUT2D eigenvalue weighted by Gasteiger charge is 2.28. The lowest BCUT2D eigenvalue weighted by Crippen LogP contribution is -2.44. The number of hydrogen-bond donors (Lipinski definition) is 1. The van der Waals surface area contributed by atoms with Crippen molar-refractivity contribution in [1.29, 1.82) is 0 Å². The van der Waals surface area contributed by atoms with Crippen molar-refractivity contribution in [2.75, 3.05) is 54.3 Å². The number of nitrogens with zero attached hydrogens (tertiary/aromatic N) is 3. The fraction of sp³-hybridized carbons (Fsp3) is 0.321. The Bertz CT molecular complexity index is 1310. The molecule has 1 aliphatic heterocycles. The van der Waals surface area contributed by atoms with Crippen molar-refractivity contribution in [1.82, 2.24) is 4.90 Å². The van der Waals surface area contributed by atoms with Crippen LogP contribution in [-0.4, -0.2) is 59.0 Å². The van der Waals surface area contributed by atoms with E-state index in [2.05, 4.69) is 22.2 Å². The van der Waals surface area contributed by atoms with Gasteiger partial charge in [-0.2, -0.15) is 0 Å². The number of carbonyl (C=O) groups excluding carboxylic acids is 1. The Balaban J connectivity index is 1.55. The van der Waals surface area contributed by atoms with E-state index in [1.165, 1.54) is 4.31 Å². The van der Waals surface area contributed by atoms with E-state index >= 15 is 0 Å². The van der Waals surface area contributed by atoms with E-state index < -0.39 is 15.9 Å². The minimum atomic E-state index is -3.96. The molecule has 1 N–H and O–H groups in total. The Labute approximate surface area is 214 Å². The third-order valence-corrected chi connectivity index (χ3v) is 8.53. The van der Waals surface area contributed by atoms with E-state index in [-0.39, 0.29) is 11.4 Å². The van der Waals surface area contributed by atoms with Gasteiger partial charge >= 0.3 is 0 Å².